The van der Waals surface area contributed by atoms with Crippen molar-refractivity contribution in [2.45, 2.75) is 0 Å². The first-order valence-corrected chi connectivity index (χ1v) is 3.37. The quantitative estimate of drug-likeness (QED) is 0.486. The summed E-state index contributed by atoms with van der Waals surface area (Å²) in [6.45, 7) is 3.77. The molecule has 8 heavy (non-hydrogen) atoms. The molecule has 0 bridgehead atoms. The molecule has 1 aliphatic heterocycles. The van der Waals surface area contributed by atoms with Crippen LogP contribution in [0.25, 0.3) is 0 Å². The lowest BCUT2D eigenvalue weighted by Gasteiger charge is -2.17. The minimum Gasteiger partial charge on any atom is -0.263 e. The Morgan fingerprint density at radius 2 is 2.75 bits per heavy atom. The summed E-state index contributed by atoms with van der Waals surface area (Å²) < 4.78 is 0. The van der Waals surface area contributed by atoms with E-state index in [1.165, 1.54) is 0 Å². The molecule has 1 rings (SSSR count). The highest BCUT2D eigenvalue weighted by Crippen LogP contribution is 2.18. The summed E-state index contributed by atoms with van der Waals surface area (Å²) in [6.07, 6.45) is 1.87. The van der Waals surface area contributed by atoms with E-state index in [2.05, 4.69) is 11.7 Å². The number of rotatable bonds is 0. The SMILES string of the molecule is C=C1SCC=NN1C. The molecule has 0 amide bonds. The summed E-state index contributed by atoms with van der Waals surface area (Å²) in [5.41, 5.74) is 0. The number of hydrazone groups is 1. The zero-order valence-corrected chi connectivity index (χ0v) is 5.61. The predicted molar refractivity (Wildman–Crippen MR) is 37.9 cm³/mol. The van der Waals surface area contributed by atoms with E-state index < -0.39 is 0 Å². The second-order valence-corrected chi connectivity index (χ2v) is 2.62. The average Bonchev–Trinajstić information content (AvgIpc) is 1.77. The summed E-state index contributed by atoms with van der Waals surface area (Å²) >= 11 is 1.71. The Hall–Kier alpha value is -0.440. The van der Waals surface area contributed by atoms with Crippen LogP contribution in [-0.2, 0) is 0 Å². The molecule has 0 aromatic heterocycles. The first kappa shape index (κ1) is 5.69. The smallest absolute Gasteiger partial charge is 0.0851 e. The van der Waals surface area contributed by atoms with Crippen molar-refractivity contribution in [1.29, 1.82) is 0 Å². The number of hydrogen-bond acceptors (Lipinski definition) is 3. The molecule has 1 heterocycles. The van der Waals surface area contributed by atoms with Crippen LogP contribution in [0.2, 0.25) is 0 Å². The summed E-state index contributed by atoms with van der Waals surface area (Å²) in [5, 5.41) is 6.79. The van der Waals surface area contributed by atoms with Gasteiger partial charge in [-0.1, -0.05) is 6.58 Å². The molecule has 0 aliphatic carbocycles. The van der Waals surface area contributed by atoms with Crippen LogP contribution in [0.3, 0.4) is 0 Å². The van der Waals surface area contributed by atoms with E-state index in [-0.39, 0.29) is 0 Å². The standard InChI is InChI=1S/C5H8N2S/c1-5-7(2)6-3-4-8-5/h3H,1,4H2,2H3. The lowest BCUT2D eigenvalue weighted by Crippen LogP contribution is -2.12. The molecule has 0 atom stereocenters. The third-order valence-electron chi connectivity index (χ3n) is 0.940. The largest absolute Gasteiger partial charge is 0.263 e. The Morgan fingerprint density at radius 1 is 2.00 bits per heavy atom. The summed E-state index contributed by atoms with van der Waals surface area (Å²) in [5.74, 6) is 0.961. The third kappa shape index (κ3) is 1.04. The van der Waals surface area contributed by atoms with Gasteiger partial charge in [0.15, 0.2) is 0 Å². The Morgan fingerprint density at radius 3 is 3.12 bits per heavy atom. The predicted octanol–water partition coefficient (Wildman–Crippen LogP) is 1.12. The fourth-order valence-corrected chi connectivity index (χ4v) is 1.01. The van der Waals surface area contributed by atoms with Crippen LogP contribution in [0.5, 0.6) is 0 Å². The van der Waals surface area contributed by atoms with E-state index in [0.717, 1.165) is 10.8 Å². The summed E-state index contributed by atoms with van der Waals surface area (Å²) in [6, 6.07) is 0. The maximum absolute atomic E-state index is 4.00. The number of thioether (sulfide) groups is 1. The van der Waals surface area contributed by atoms with Gasteiger partial charge in [0.1, 0.15) is 0 Å². The molecule has 0 aromatic rings. The van der Waals surface area contributed by atoms with Crippen LogP contribution in [0.1, 0.15) is 0 Å². The van der Waals surface area contributed by atoms with Gasteiger partial charge in [-0.05, 0) is 0 Å². The highest BCUT2D eigenvalue weighted by atomic mass is 32.2. The normalized spacial score (nSPS) is 19.6. The van der Waals surface area contributed by atoms with E-state index in [0.29, 0.717) is 0 Å². The zero-order valence-electron chi connectivity index (χ0n) is 4.79. The van der Waals surface area contributed by atoms with Gasteiger partial charge in [0.05, 0.1) is 5.03 Å². The van der Waals surface area contributed by atoms with E-state index in [4.69, 9.17) is 0 Å². The minimum absolute atomic E-state index is 0.961. The van der Waals surface area contributed by atoms with Crippen molar-refractivity contribution in [3.05, 3.63) is 11.6 Å². The first-order chi connectivity index (χ1) is 3.80. The van der Waals surface area contributed by atoms with Gasteiger partial charge in [0.25, 0.3) is 0 Å². The lowest BCUT2D eigenvalue weighted by atomic mass is 10.8. The van der Waals surface area contributed by atoms with Gasteiger partial charge in [0, 0.05) is 19.0 Å². The molecule has 0 fully saturated rings. The van der Waals surface area contributed by atoms with Gasteiger partial charge in [-0.15, -0.1) is 11.8 Å². The molecule has 0 N–H and O–H groups in total. The number of nitrogens with zero attached hydrogens (tertiary/aromatic N) is 2. The van der Waals surface area contributed by atoms with Crippen molar-refractivity contribution < 1.29 is 0 Å². The van der Waals surface area contributed by atoms with Crippen molar-refractivity contribution in [3.8, 4) is 0 Å². The molecular weight excluding hydrogens is 120 g/mol. The Kier molecular flexibility index (Phi) is 1.58. The van der Waals surface area contributed by atoms with Gasteiger partial charge >= 0.3 is 0 Å². The van der Waals surface area contributed by atoms with E-state index in [9.17, 15) is 0 Å². The fourth-order valence-electron chi connectivity index (χ4n) is 0.447. The molecule has 0 aromatic carbocycles. The third-order valence-corrected chi connectivity index (χ3v) is 1.85. The molecule has 0 saturated carbocycles. The first-order valence-electron chi connectivity index (χ1n) is 2.38. The summed E-state index contributed by atoms with van der Waals surface area (Å²) in [4.78, 5) is 0. The monoisotopic (exact) mass is 128 g/mol. The van der Waals surface area contributed by atoms with Crippen LogP contribution in [0.15, 0.2) is 16.7 Å². The average molecular weight is 128 g/mol. The van der Waals surface area contributed by atoms with Crippen LogP contribution >= 0.6 is 11.8 Å². The van der Waals surface area contributed by atoms with Crippen molar-refractivity contribution >= 4 is 18.0 Å². The van der Waals surface area contributed by atoms with Crippen LogP contribution in [0, 0.1) is 0 Å². The lowest BCUT2D eigenvalue weighted by molar-refractivity contribution is 0.480. The maximum atomic E-state index is 4.00. The Bertz CT molecular complexity index is 130. The fraction of sp³-hybridized carbons (Fsp3) is 0.400. The van der Waals surface area contributed by atoms with Gasteiger partial charge in [-0.3, -0.25) is 5.01 Å². The molecule has 2 nitrogen and oxygen atoms in total. The van der Waals surface area contributed by atoms with Gasteiger partial charge in [0.2, 0.25) is 0 Å². The van der Waals surface area contributed by atoms with Crippen LogP contribution in [-0.4, -0.2) is 24.0 Å². The second kappa shape index (κ2) is 2.22. The number of hydrogen-bond donors (Lipinski definition) is 0. The van der Waals surface area contributed by atoms with Crippen LogP contribution in [0.4, 0.5) is 0 Å². The summed E-state index contributed by atoms with van der Waals surface area (Å²) in [7, 11) is 1.89. The maximum Gasteiger partial charge on any atom is 0.0851 e. The topological polar surface area (TPSA) is 15.6 Å². The molecule has 0 spiro atoms. The van der Waals surface area contributed by atoms with Crippen molar-refractivity contribution in [2.75, 3.05) is 12.8 Å². The molecule has 0 unspecified atom stereocenters. The highest BCUT2D eigenvalue weighted by molar-refractivity contribution is 8.03. The molecule has 1 aliphatic rings. The molecule has 0 radical (unpaired) electrons. The van der Waals surface area contributed by atoms with Crippen molar-refractivity contribution in [3.63, 3.8) is 0 Å². The minimum atomic E-state index is 0.961. The van der Waals surface area contributed by atoms with E-state index in [1.807, 2.05) is 13.3 Å². The second-order valence-electron chi connectivity index (χ2n) is 1.53. The van der Waals surface area contributed by atoms with Gasteiger partial charge in [-0.25, -0.2) is 0 Å². The Labute approximate surface area is 53.3 Å². The van der Waals surface area contributed by atoms with Gasteiger partial charge < -0.3 is 0 Å². The zero-order chi connectivity index (χ0) is 5.98. The molecule has 3 heteroatoms. The molecule has 44 valence electrons. The highest BCUT2D eigenvalue weighted by Gasteiger charge is 2.02. The van der Waals surface area contributed by atoms with Crippen molar-refractivity contribution in [2.24, 2.45) is 5.10 Å². The van der Waals surface area contributed by atoms with E-state index in [1.54, 1.807) is 16.8 Å². The Balaban J connectivity index is 2.60. The van der Waals surface area contributed by atoms with E-state index >= 15 is 0 Å². The van der Waals surface area contributed by atoms with Crippen molar-refractivity contribution in [1.82, 2.24) is 5.01 Å². The van der Waals surface area contributed by atoms with Crippen LogP contribution < -0.4 is 0 Å². The van der Waals surface area contributed by atoms with Gasteiger partial charge in [-0.2, -0.15) is 5.10 Å². The molecule has 0 saturated heterocycles. The molecular formula is C5H8N2S.